The van der Waals surface area contributed by atoms with Crippen LogP contribution in [0.15, 0.2) is 29.8 Å². The summed E-state index contributed by atoms with van der Waals surface area (Å²) in [6.45, 7) is 1.43. The van der Waals surface area contributed by atoms with Gasteiger partial charge in [-0.05, 0) is 12.1 Å². The van der Waals surface area contributed by atoms with Crippen LogP contribution < -0.4 is 5.32 Å². The SMILES string of the molecule is OCCNCc1csc(-c2ccccn2)n1. The third kappa shape index (κ3) is 2.85. The molecule has 0 bridgehead atoms. The van der Waals surface area contributed by atoms with Crippen molar-refractivity contribution in [2.75, 3.05) is 13.2 Å². The number of rotatable bonds is 5. The van der Waals surface area contributed by atoms with Gasteiger partial charge >= 0.3 is 0 Å². The summed E-state index contributed by atoms with van der Waals surface area (Å²) < 4.78 is 0. The summed E-state index contributed by atoms with van der Waals surface area (Å²) in [4.78, 5) is 8.71. The molecule has 0 aliphatic heterocycles. The van der Waals surface area contributed by atoms with Crippen LogP contribution in [-0.4, -0.2) is 28.2 Å². The second kappa shape index (κ2) is 5.69. The van der Waals surface area contributed by atoms with Crippen LogP contribution in [0.2, 0.25) is 0 Å². The van der Waals surface area contributed by atoms with Gasteiger partial charge in [-0.15, -0.1) is 11.3 Å². The predicted molar refractivity (Wildman–Crippen MR) is 64.1 cm³/mol. The molecule has 2 heterocycles. The summed E-state index contributed by atoms with van der Waals surface area (Å²) in [6.07, 6.45) is 1.76. The first-order chi connectivity index (χ1) is 7.90. The monoisotopic (exact) mass is 235 g/mol. The highest BCUT2D eigenvalue weighted by molar-refractivity contribution is 7.13. The van der Waals surface area contributed by atoms with Crippen molar-refractivity contribution in [3.05, 3.63) is 35.5 Å². The van der Waals surface area contributed by atoms with Crippen LogP contribution in [0.5, 0.6) is 0 Å². The number of hydrogen-bond donors (Lipinski definition) is 2. The summed E-state index contributed by atoms with van der Waals surface area (Å²) in [5.41, 5.74) is 1.89. The van der Waals surface area contributed by atoms with Crippen molar-refractivity contribution < 1.29 is 5.11 Å². The van der Waals surface area contributed by atoms with Gasteiger partial charge in [0.15, 0.2) is 0 Å². The van der Waals surface area contributed by atoms with Gasteiger partial charge in [-0.2, -0.15) is 0 Å². The van der Waals surface area contributed by atoms with E-state index in [0.717, 1.165) is 16.4 Å². The molecule has 2 aromatic rings. The predicted octanol–water partition coefficient (Wildman–Crippen LogP) is 1.29. The molecule has 2 rings (SSSR count). The lowest BCUT2D eigenvalue weighted by Crippen LogP contribution is -2.17. The number of pyridine rings is 1. The Balaban J connectivity index is 2.02. The molecule has 84 valence electrons. The zero-order chi connectivity index (χ0) is 11.2. The maximum Gasteiger partial charge on any atom is 0.142 e. The van der Waals surface area contributed by atoms with E-state index in [2.05, 4.69) is 15.3 Å². The standard InChI is InChI=1S/C11H13N3OS/c15-6-5-12-7-9-8-16-11(14-9)10-3-1-2-4-13-10/h1-4,8,12,15H,5-7H2. The Hall–Kier alpha value is -1.30. The molecule has 2 aromatic heterocycles. The molecule has 0 fully saturated rings. The first-order valence-electron chi connectivity index (χ1n) is 5.07. The van der Waals surface area contributed by atoms with Gasteiger partial charge in [0.2, 0.25) is 0 Å². The second-order valence-corrected chi connectivity index (χ2v) is 4.12. The number of nitrogens with one attached hydrogen (secondary N) is 1. The van der Waals surface area contributed by atoms with Crippen molar-refractivity contribution in [3.8, 4) is 10.7 Å². The van der Waals surface area contributed by atoms with Crippen LogP contribution in [0.4, 0.5) is 0 Å². The van der Waals surface area contributed by atoms with Crippen LogP contribution in [0.25, 0.3) is 10.7 Å². The van der Waals surface area contributed by atoms with E-state index in [1.165, 1.54) is 0 Å². The molecule has 0 aliphatic carbocycles. The minimum atomic E-state index is 0.150. The Morgan fingerprint density at radius 3 is 3.06 bits per heavy atom. The first-order valence-corrected chi connectivity index (χ1v) is 5.95. The Labute approximate surface area is 98.0 Å². The van der Waals surface area contributed by atoms with E-state index in [0.29, 0.717) is 13.1 Å². The van der Waals surface area contributed by atoms with Gasteiger partial charge in [0.25, 0.3) is 0 Å². The highest BCUT2D eigenvalue weighted by Gasteiger charge is 2.04. The molecule has 0 radical (unpaired) electrons. The second-order valence-electron chi connectivity index (χ2n) is 3.26. The fraction of sp³-hybridized carbons (Fsp3) is 0.273. The maximum atomic E-state index is 8.64. The largest absolute Gasteiger partial charge is 0.395 e. The van der Waals surface area contributed by atoms with Crippen LogP contribution >= 0.6 is 11.3 Å². The first kappa shape index (κ1) is 11.2. The van der Waals surface area contributed by atoms with Crippen molar-refractivity contribution in [1.82, 2.24) is 15.3 Å². The van der Waals surface area contributed by atoms with Crippen molar-refractivity contribution in [2.24, 2.45) is 0 Å². The van der Waals surface area contributed by atoms with E-state index < -0.39 is 0 Å². The minimum Gasteiger partial charge on any atom is -0.395 e. The van der Waals surface area contributed by atoms with Gasteiger partial charge in [0.05, 0.1) is 18.0 Å². The number of aliphatic hydroxyl groups excluding tert-OH is 1. The topological polar surface area (TPSA) is 58.0 Å². The molecular weight excluding hydrogens is 222 g/mol. The smallest absolute Gasteiger partial charge is 0.142 e. The highest BCUT2D eigenvalue weighted by Crippen LogP contribution is 2.20. The number of thiazole rings is 1. The Morgan fingerprint density at radius 1 is 1.38 bits per heavy atom. The fourth-order valence-electron chi connectivity index (χ4n) is 1.29. The number of aromatic nitrogens is 2. The molecule has 0 aromatic carbocycles. The van der Waals surface area contributed by atoms with Crippen LogP contribution in [0, 0.1) is 0 Å². The molecule has 2 N–H and O–H groups in total. The zero-order valence-electron chi connectivity index (χ0n) is 8.76. The molecule has 0 atom stereocenters. The van der Waals surface area contributed by atoms with Gasteiger partial charge in [-0.3, -0.25) is 4.98 Å². The summed E-state index contributed by atoms with van der Waals surface area (Å²) >= 11 is 1.58. The van der Waals surface area contributed by atoms with Crippen molar-refractivity contribution in [3.63, 3.8) is 0 Å². The van der Waals surface area contributed by atoms with E-state index >= 15 is 0 Å². The molecule has 0 amide bonds. The van der Waals surface area contributed by atoms with Crippen LogP contribution in [0.1, 0.15) is 5.69 Å². The lowest BCUT2D eigenvalue weighted by molar-refractivity contribution is 0.292. The Morgan fingerprint density at radius 2 is 2.31 bits per heavy atom. The van der Waals surface area contributed by atoms with Crippen molar-refractivity contribution >= 4 is 11.3 Å². The van der Waals surface area contributed by atoms with Gasteiger partial charge in [0.1, 0.15) is 5.01 Å². The van der Waals surface area contributed by atoms with Crippen molar-refractivity contribution in [1.29, 1.82) is 0 Å². The van der Waals surface area contributed by atoms with Gasteiger partial charge in [0, 0.05) is 24.7 Å². The molecular formula is C11H13N3OS. The fourth-order valence-corrected chi connectivity index (χ4v) is 2.09. The number of hydrogen-bond acceptors (Lipinski definition) is 5. The lowest BCUT2D eigenvalue weighted by atomic mass is 10.3. The molecule has 0 spiro atoms. The summed E-state index contributed by atoms with van der Waals surface area (Å²) in [5.74, 6) is 0. The lowest BCUT2D eigenvalue weighted by Gasteiger charge is -1.97. The number of nitrogens with zero attached hydrogens (tertiary/aromatic N) is 2. The molecule has 16 heavy (non-hydrogen) atoms. The van der Waals surface area contributed by atoms with Crippen molar-refractivity contribution in [2.45, 2.75) is 6.54 Å². The Bertz CT molecular complexity index is 430. The molecule has 4 nitrogen and oxygen atoms in total. The maximum absolute atomic E-state index is 8.64. The normalized spacial score (nSPS) is 10.6. The summed E-state index contributed by atoms with van der Waals surface area (Å²) in [6, 6.07) is 5.79. The molecule has 0 saturated heterocycles. The molecule has 5 heteroatoms. The van der Waals surface area contributed by atoms with Gasteiger partial charge in [-0.25, -0.2) is 4.98 Å². The van der Waals surface area contributed by atoms with Crippen LogP contribution in [0.3, 0.4) is 0 Å². The summed E-state index contributed by atoms with van der Waals surface area (Å²) in [5, 5.41) is 14.7. The van der Waals surface area contributed by atoms with E-state index in [4.69, 9.17) is 5.11 Å². The van der Waals surface area contributed by atoms with E-state index in [1.807, 2.05) is 23.6 Å². The minimum absolute atomic E-state index is 0.150. The number of aliphatic hydroxyl groups is 1. The van der Waals surface area contributed by atoms with Gasteiger partial charge < -0.3 is 10.4 Å². The highest BCUT2D eigenvalue weighted by atomic mass is 32.1. The molecule has 0 aliphatic rings. The Kier molecular flexibility index (Phi) is 3.98. The summed E-state index contributed by atoms with van der Waals surface area (Å²) in [7, 11) is 0. The quantitative estimate of drug-likeness (QED) is 0.767. The van der Waals surface area contributed by atoms with E-state index in [-0.39, 0.29) is 6.61 Å². The van der Waals surface area contributed by atoms with E-state index in [1.54, 1.807) is 17.5 Å². The molecule has 0 unspecified atom stereocenters. The third-order valence-corrected chi connectivity index (χ3v) is 2.94. The zero-order valence-corrected chi connectivity index (χ0v) is 9.57. The van der Waals surface area contributed by atoms with Gasteiger partial charge in [-0.1, -0.05) is 6.07 Å². The average Bonchev–Trinajstić information content (AvgIpc) is 2.79. The third-order valence-electron chi connectivity index (χ3n) is 2.03. The van der Waals surface area contributed by atoms with E-state index in [9.17, 15) is 0 Å². The van der Waals surface area contributed by atoms with Crippen LogP contribution in [-0.2, 0) is 6.54 Å². The molecule has 0 saturated carbocycles. The average molecular weight is 235 g/mol.